The summed E-state index contributed by atoms with van der Waals surface area (Å²) in [6.07, 6.45) is 0. The first-order chi connectivity index (χ1) is 10.8. The molecule has 0 saturated heterocycles. The van der Waals surface area contributed by atoms with Gasteiger partial charge in [0.25, 0.3) is 0 Å². The number of rotatable bonds is 2. The quantitative estimate of drug-likeness (QED) is 0.333. The standard InChI is InChI=1S/C14H9ClNO.C5H5.Fe/c15-12-8-4-3-7-11(12)14-9-13(16-17-14)10-5-1-2-6-10;1-2-4-5-3-1;/h1-9H;1-5H;/q2*-1;+2. The minimum absolute atomic E-state index is 0. The molecule has 0 atom stereocenters. The summed E-state index contributed by atoms with van der Waals surface area (Å²) < 4.78 is 5.32. The molecule has 0 fully saturated rings. The Morgan fingerprint density at radius 1 is 0.957 bits per heavy atom. The van der Waals surface area contributed by atoms with Crippen molar-refractivity contribution in [1.82, 2.24) is 5.16 Å². The van der Waals surface area contributed by atoms with Crippen molar-refractivity contribution >= 4 is 11.6 Å². The van der Waals surface area contributed by atoms with E-state index >= 15 is 0 Å². The van der Waals surface area contributed by atoms with Gasteiger partial charge < -0.3 is 4.52 Å². The summed E-state index contributed by atoms with van der Waals surface area (Å²) in [7, 11) is 0. The molecule has 0 aliphatic rings. The second-order valence-corrected chi connectivity index (χ2v) is 5.10. The molecule has 0 saturated carbocycles. The van der Waals surface area contributed by atoms with Crippen LogP contribution in [-0.4, -0.2) is 5.16 Å². The van der Waals surface area contributed by atoms with Gasteiger partial charge in [-0.1, -0.05) is 41.4 Å². The molecule has 0 unspecified atom stereocenters. The third-order valence-corrected chi connectivity index (χ3v) is 3.49. The van der Waals surface area contributed by atoms with Gasteiger partial charge in [-0.25, -0.2) is 12.1 Å². The van der Waals surface area contributed by atoms with E-state index in [1.54, 1.807) is 0 Å². The van der Waals surface area contributed by atoms with Crippen LogP contribution in [0.2, 0.25) is 5.02 Å². The monoisotopic (exact) mass is 363 g/mol. The Morgan fingerprint density at radius 2 is 1.65 bits per heavy atom. The summed E-state index contributed by atoms with van der Waals surface area (Å²) in [6, 6.07) is 27.4. The minimum Gasteiger partial charge on any atom is -0.367 e. The van der Waals surface area contributed by atoms with Gasteiger partial charge in [0, 0.05) is 11.3 Å². The van der Waals surface area contributed by atoms with Crippen LogP contribution in [0, 0.1) is 0 Å². The molecule has 0 amide bonds. The molecule has 4 aromatic rings. The molecule has 1 heterocycles. The molecule has 0 spiro atoms. The van der Waals surface area contributed by atoms with Gasteiger partial charge in [0.05, 0.1) is 5.02 Å². The Morgan fingerprint density at radius 3 is 2.26 bits per heavy atom. The van der Waals surface area contributed by atoms with Crippen molar-refractivity contribution in [2.45, 2.75) is 0 Å². The summed E-state index contributed by atoms with van der Waals surface area (Å²) in [4.78, 5) is 0. The number of halogens is 1. The maximum atomic E-state index is 6.11. The second-order valence-electron chi connectivity index (χ2n) is 4.69. The smallest absolute Gasteiger partial charge is 0.367 e. The maximum Gasteiger partial charge on any atom is 2.00 e. The SMILES string of the molecule is Clc1ccccc1-c1cc(-[c-]2cccc2)no1.[Fe+2].c1cc[cH-]c1. The largest absolute Gasteiger partial charge is 2.00 e. The Labute approximate surface area is 150 Å². The van der Waals surface area contributed by atoms with Crippen LogP contribution in [0.25, 0.3) is 22.6 Å². The first kappa shape index (κ1) is 17.3. The van der Waals surface area contributed by atoms with Crippen molar-refractivity contribution in [2.75, 3.05) is 0 Å². The van der Waals surface area contributed by atoms with Crippen molar-refractivity contribution in [1.29, 1.82) is 0 Å². The summed E-state index contributed by atoms with van der Waals surface area (Å²) in [5.74, 6) is 0.687. The molecule has 4 rings (SSSR count). The predicted molar refractivity (Wildman–Crippen MR) is 90.0 cm³/mol. The van der Waals surface area contributed by atoms with Gasteiger partial charge in [-0.05, 0) is 6.07 Å². The molecule has 2 nitrogen and oxygen atoms in total. The predicted octanol–water partition coefficient (Wildman–Crippen LogP) is 5.78. The fourth-order valence-corrected chi connectivity index (χ4v) is 2.29. The van der Waals surface area contributed by atoms with Crippen LogP contribution in [0.3, 0.4) is 0 Å². The van der Waals surface area contributed by atoms with Crippen LogP contribution in [0.15, 0.2) is 89.5 Å². The minimum atomic E-state index is 0. The van der Waals surface area contributed by atoms with Gasteiger partial charge in [-0.15, -0.1) is 17.3 Å². The van der Waals surface area contributed by atoms with Gasteiger partial charge in [0.15, 0.2) is 0 Å². The van der Waals surface area contributed by atoms with Gasteiger partial charge in [-0.2, -0.15) is 30.3 Å². The Kier molecular flexibility index (Phi) is 6.42. The summed E-state index contributed by atoms with van der Waals surface area (Å²) >= 11 is 6.11. The molecular formula is C19H14ClFeNO. The zero-order valence-electron chi connectivity index (χ0n) is 12.2. The molecule has 4 heteroatoms. The summed E-state index contributed by atoms with van der Waals surface area (Å²) in [5.41, 5.74) is 2.73. The van der Waals surface area contributed by atoms with Crippen molar-refractivity contribution in [2.24, 2.45) is 0 Å². The third kappa shape index (κ3) is 4.46. The molecular weight excluding hydrogens is 350 g/mol. The van der Waals surface area contributed by atoms with Gasteiger partial charge in [-0.3, -0.25) is 0 Å². The van der Waals surface area contributed by atoms with Crippen LogP contribution < -0.4 is 0 Å². The van der Waals surface area contributed by atoms with Crippen LogP contribution in [-0.2, 0) is 17.1 Å². The van der Waals surface area contributed by atoms with Crippen LogP contribution in [0.4, 0.5) is 0 Å². The van der Waals surface area contributed by atoms with E-state index in [1.807, 2.05) is 84.9 Å². The van der Waals surface area contributed by atoms with Gasteiger partial charge in [0.2, 0.25) is 0 Å². The number of hydrogen-bond acceptors (Lipinski definition) is 2. The number of nitrogens with zero attached hydrogens (tertiary/aromatic N) is 1. The molecule has 0 N–H and O–H groups in total. The van der Waals surface area contributed by atoms with E-state index in [1.165, 1.54) is 0 Å². The molecule has 0 radical (unpaired) electrons. The van der Waals surface area contributed by atoms with E-state index < -0.39 is 0 Å². The van der Waals surface area contributed by atoms with E-state index in [0.29, 0.717) is 10.8 Å². The fourth-order valence-electron chi connectivity index (χ4n) is 2.06. The molecule has 0 aliphatic heterocycles. The fraction of sp³-hybridized carbons (Fsp3) is 0. The Bertz CT molecular complexity index is 786. The first-order valence-corrected chi connectivity index (χ1v) is 7.33. The third-order valence-electron chi connectivity index (χ3n) is 3.16. The maximum absolute atomic E-state index is 6.11. The molecule has 0 aliphatic carbocycles. The van der Waals surface area contributed by atoms with E-state index in [4.69, 9.17) is 16.1 Å². The molecule has 1 aromatic heterocycles. The zero-order valence-corrected chi connectivity index (χ0v) is 14.0. The summed E-state index contributed by atoms with van der Waals surface area (Å²) in [6.45, 7) is 0. The second kappa shape index (κ2) is 8.54. The first-order valence-electron chi connectivity index (χ1n) is 6.95. The average molecular weight is 364 g/mol. The van der Waals surface area contributed by atoms with E-state index in [2.05, 4.69) is 5.16 Å². The number of aromatic nitrogens is 1. The van der Waals surface area contributed by atoms with Crippen molar-refractivity contribution < 1.29 is 21.6 Å². The number of benzene rings is 1. The van der Waals surface area contributed by atoms with E-state index in [-0.39, 0.29) is 17.1 Å². The molecule has 3 aromatic carbocycles. The normalized spacial score (nSPS) is 9.61. The van der Waals surface area contributed by atoms with Crippen molar-refractivity contribution in [3.05, 3.63) is 90.0 Å². The average Bonchev–Trinajstić information content (AvgIpc) is 3.30. The van der Waals surface area contributed by atoms with Gasteiger partial charge in [0.1, 0.15) is 5.76 Å². The van der Waals surface area contributed by atoms with Crippen LogP contribution >= 0.6 is 11.6 Å². The van der Waals surface area contributed by atoms with E-state index in [0.717, 1.165) is 16.8 Å². The topological polar surface area (TPSA) is 26.0 Å². The van der Waals surface area contributed by atoms with Crippen LogP contribution in [0.1, 0.15) is 0 Å². The van der Waals surface area contributed by atoms with Crippen molar-refractivity contribution in [3.63, 3.8) is 0 Å². The Balaban J connectivity index is 0.000000276. The molecule has 23 heavy (non-hydrogen) atoms. The summed E-state index contributed by atoms with van der Waals surface area (Å²) in [5, 5.41) is 4.71. The van der Waals surface area contributed by atoms with Crippen LogP contribution in [0.5, 0.6) is 0 Å². The van der Waals surface area contributed by atoms with Crippen molar-refractivity contribution in [3.8, 4) is 22.6 Å². The molecule has 0 bridgehead atoms. The number of hydrogen-bond donors (Lipinski definition) is 0. The van der Waals surface area contributed by atoms with E-state index in [9.17, 15) is 0 Å². The molecule has 116 valence electrons. The zero-order chi connectivity index (χ0) is 15.2. The van der Waals surface area contributed by atoms with Gasteiger partial charge >= 0.3 is 17.1 Å². The Hall–Kier alpha value is -2.06.